The molecule has 2 N–H and O–H groups in total. The first-order valence-electron chi connectivity index (χ1n) is 8.47. The summed E-state index contributed by atoms with van der Waals surface area (Å²) in [6, 6.07) is 7.92. The largest absolute Gasteiger partial charge is 0.493 e. The van der Waals surface area contributed by atoms with Gasteiger partial charge >= 0.3 is 0 Å². The van der Waals surface area contributed by atoms with E-state index < -0.39 is 0 Å². The van der Waals surface area contributed by atoms with E-state index in [1.165, 1.54) is 0 Å². The molecule has 1 fully saturated rings. The Hall–Kier alpha value is -1.66. The van der Waals surface area contributed by atoms with Crippen LogP contribution in [0.5, 0.6) is 5.75 Å². The highest BCUT2D eigenvalue weighted by atomic mass is 32.1. The molecule has 1 aliphatic rings. The van der Waals surface area contributed by atoms with Gasteiger partial charge in [0.1, 0.15) is 5.75 Å². The second kappa shape index (κ2) is 9.59. The molecule has 1 aromatic carbocycles. The van der Waals surface area contributed by atoms with Gasteiger partial charge in [-0.1, -0.05) is 13.8 Å². The van der Waals surface area contributed by atoms with Crippen LogP contribution in [0.2, 0.25) is 0 Å². The van der Waals surface area contributed by atoms with Crippen LogP contribution in [-0.2, 0) is 4.74 Å². The molecule has 1 saturated heterocycles. The molecule has 0 aliphatic carbocycles. The van der Waals surface area contributed by atoms with E-state index in [4.69, 9.17) is 21.7 Å². The summed E-state index contributed by atoms with van der Waals surface area (Å²) >= 11 is 5.23. The Labute approximate surface area is 149 Å². The zero-order valence-electron chi connectivity index (χ0n) is 14.7. The Kier molecular flexibility index (Phi) is 7.46. The molecule has 0 radical (unpaired) electrons. The standard InChI is InChI=1S/C18H27N3O2S/c1-13(2)12-23-16-8-6-15(7-9-16)14(3)20-21-18(24)19-11-17-5-4-10-22-17/h6-9,13,17H,4-5,10-12H2,1-3H3,(H2,19,21,24)/b20-14-/t17-/m0/s1. The minimum Gasteiger partial charge on any atom is -0.493 e. The van der Waals surface area contributed by atoms with Gasteiger partial charge in [0, 0.05) is 13.2 Å². The Balaban J connectivity index is 1.78. The van der Waals surface area contributed by atoms with Gasteiger partial charge < -0.3 is 14.8 Å². The molecule has 2 rings (SSSR count). The molecule has 1 heterocycles. The smallest absolute Gasteiger partial charge is 0.187 e. The van der Waals surface area contributed by atoms with Crippen LogP contribution in [0.25, 0.3) is 0 Å². The summed E-state index contributed by atoms with van der Waals surface area (Å²) < 4.78 is 11.2. The van der Waals surface area contributed by atoms with Crippen molar-refractivity contribution >= 4 is 23.0 Å². The van der Waals surface area contributed by atoms with Crippen molar-refractivity contribution in [2.24, 2.45) is 11.0 Å². The monoisotopic (exact) mass is 349 g/mol. The van der Waals surface area contributed by atoms with Gasteiger partial charge in [0.2, 0.25) is 0 Å². The summed E-state index contributed by atoms with van der Waals surface area (Å²) in [5.74, 6) is 1.39. The summed E-state index contributed by atoms with van der Waals surface area (Å²) in [6.45, 7) is 8.50. The van der Waals surface area contributed by atoms with E-state index in [0.29, 0.717) is 11.0 Å². The fourth-order valence-corrected chi connectivity index (χ4v) is 2.43. The number of benzene rings is 1. The van der Waals surface area contributed by atoms with Gasteiger partial charge in [-0.3, -0.25) is 5.43 Å². The maximum absolute atomic E-state index is 5.68. The summed E-state index contributed by atoms with van der Waals surface area (Å²) in [6.07, 6.45) is 2.47. The van der Waals surface area contributed by atoms with Crippen molar-refractivity contribution in [1.82, 2.24) is 10.7 Å². The van der Waals surface area contributed by atoms with Gasteiger partial charge in [0.05, 0.1) is 18.4 Å². The van der Waals surface area contributed by atoms with E-state index in [2.05, 4.69) is 29.7 Å². The molecule has 0 aromatic heterocycles. The van der Waals surface area contributed by atoms with Gasteiger partial charge in [-0.15, -0.1) is 0 Å². The first-order valence-corrected chi connectivity index (χ1v) is 8.88. The van der Waals surface area contributed by atoms with Crippen molar-refractivity contribution in [3.05, 3.63) is 29.8 Å². The number of ether oxygens (including phenoxy) is 2. The molecule has 132 valence electrons. The van der Waals surface area contributed by atoms with Crippen LogP contribution in [0.3, 0.4) is 0 Å². The third kappa shape index (κ3) is 6.45. The maximum atomic E-state index is 5.68. The Morgan fingerprint density at radius 3 is 2.75 bits per heavy atom. The third-order valence-corrected chi connectivity index (χ3v) is 3.93. The molecule has 0 amide bonds. The number of thiocarbonyl (C=S) groups is 1. The van der Waals surface area contributed by atoms with Crippen molar-refractivity contribution < 1.29 is 9.47 Å². The molecular weight excluding hydrogens is 322 g/mol. The molecule has 5 nitrogen and oxygen atoms in total. The first-order chi connectivity index (χ1) is 11.5. The molecule has 0 spiro atoms. The Morgan fingerprint density at radius 1 is 1.38 bits per heavy atom. The number of hydrogen-bond donors (Lipinski definition) is 2. The minimum absolute atomic E-state index is 0.258. The van der Waals surface area contributed by atoms with E-state index in [-0.39, 0.29) is 6.10 Å². The van der Waals surface area contributed by atoms with Gasteiger partial charge in [-0.05, 0) is 67.7 Å². The molecule has 0 saturated carbocycles. The van der Waals surface area contributed by atoms with Crippen LogP contribution in [-0.4, -0.2) is 36.7 Å². The third-order valence-electron chi connectivity index (χ3n) is 3.69. The van der Waals surface area contributed by atoms with E-state index in [1.807, 2.05) is 31.2 Å². The van der Waals surface area contributed by atoms with Crippen LogP contribution >= 0.6 is 12.2 Å². The molecule has 6 heteroatoms. The maximum Gasteiger partial charge on any atom is 0.187 e. The second-order valence-electron chi connectivity index (χ2n) is 6.38. The lowest BCUT2D eigenvalue weighted by Crippen LogP contribution is -2.37. The number of hydrazone groups is 1. The quantitative estimate of drug-likeness (QED) is 0.450. The number of nitrogens with one attached hydrogen (secondary N) is 2. The molecule has 0 bridgehead atoms. The van der Waals surface area contributed by atoms with Crippen LogP contribution in [0, 0.1) is 5.92 Å². The second-order valence-corrected chi connectivity index (χ2v) is 6.79. The summed E-state index contributed by atoms with van der Waals surface area (Å²) in [5, 5.41) is 7.98. The fraction of sp³-hybridized carbons (Fsp3) is 0.556. The lowest BCUT2D eigenvalue weighted by molar-refractivity contribution is 0.114. The normalized spacial score (nSPS) is 17.8. The molecule has 1 aliphatic heterocycles. The highest BCUT2D eigenvalue weighted by Gasteiger charge is 2.15. The lowest BCUT2D eigenvalue weighted by atomic mass is 10.1. The van der Waals surface area contributed by atoms with Crippen molar-refractivity contribution in [2.45, 2.75) is 39.7 Å². The number of rotatable bonds is 7. The van der Waals surface area contributed by atoms with E-state index in [1.54, 1.807) is 0 Å². The van der Waals surface area contributed by atoms with Crippen LogP contribution < -0.4 is 15.5 Å². The Bertz CT molecular complexity index is 552. The highest BCUT2D eigenvalue weighted by molar-refractivity contribution is 7.80. The minimum atomic E-state index is 0.258. The van der Waals surface area contributed by atoms with Gasteiger partial charge in [-0.25, -0.2) is 0 Å². The molecular formula is C18H27N3O2S. The van der Waals surface area contributed by atoms with Gasteiger partial charge in [-0.2, -0.15) is 5.10 Å². The molecule has 1 aromatic rings. The fourth-order valence-electron chi connectivity index (χ4n) is 2.31. The topological polar surface area (TPSA) is 54.9 Å². The summed E-state index contributed by atoms with van der Waals surface area (Å²) in [7, 11) is 0. The van der Waals surface area contributed by atoms with Crippen molar-refractivity contribution in [3.63, 3.8) is 0 Å². The zero-order valence-corrected chi connectivity index (χ0v) is 15.5. The van der Waals surface area contributed by atoms with E-state index in [9.17, 15) is 0 Å². The van der Waals surface area contributed by atoms with Crippen LogP contribution in [0.1, 0.15) is 39.2 Å². The zero-order chi connectivity index (χ0) is 17.4. The average molecular weight is 350 g/mol. The van der Waals surface area contributed by atoms with Gasteiger partial charge in [0.15, 0.2) is 5.11 Å². The molecule has 0 unspecified atom stereocenters. The van der Waals surface area contributed by atoms with Crippen LogP contribution in [0.4, 0.5) is 0 Å². The first kappa shape index (κ1) is 18.7. The van der Waals surface area contributed by atoms with Crippen molar-refractivity contribution in [1.29, 1.82) is 0 Å². The number of hydrogen-bond acceptors (Lipinski definition) is 4. The van der Waals surface area contributed by atoms with Gasteiger partial charge in [0.25, 0.3) is 0 Å². The molecule has 24 heavy (non-hydrogen) atoms. The number of nitrogens with zero attached hydrogens (tertiary/aromatic N) is 1. The lowest BCUT2D eigenvalue weighted by Gasteiger charge is -2.12. The average Bonchev–Trinajstić information content (AvgIpc) is 3.10. The summed E-state index contributed by atoms with van der Waals surface area (Å²) in [5.41, 5.74) is 4.78. The molecule has 1 atom stereocenters. The van der Waals surface area contributed by atoms with E-state index in [0.717, 1.165) is 49.6 Å². The SMILES string of the molecule is C/C(=N/NC(=S)NC[C@@H]1CCCO1)c1ccc(OCC(C)C)cc1. The van der Waals surface area contributed by atoms with E-state index >= 15 is 0 Å². The van der Waals surface area contributed by atoms with Crippen molar-refractivity contribution in [2.75, 3.05) is 19.8 Å². The Morgan fingerprint density at radius 2 is 2.12 bits per heavy atom. The van der Waals surface area contributed by atoms with Crippen LogP contribution in [0.15, 0.2) is 29.4 Å². The predicted molar refractivity (Wildman–Crippen MR) is 102 cm³/mol. The van der Waals surface area contributed by atoms with Crippen molar-refractivity contribution in [3.8, 4) is 5.75 Å². The highest BCUT2D eigenvalue weighted by Crippen LogP contribution is 2.14. The predicted octanol–water partition coefficient (Wildman–Crippen LogP) is 3.09. The summed E-state index contributed by atoms with van der Waals surface area (Å²) in [4.78, 5) is 0.